The van der Waals surface area contributed by atoms with E-state index < -0.39 is 7.26 Å². The SMILES string of the molecule is c1ccc([P+](Cc2cnc[nH]2)(c2ccccc2)c2ccccc2)cc1. The zero-order chi connectivity index (χ0) is 17.0. The molecule has 0 fully saturated rings. The molecule has 3 aromatic carbocycles. The van der Waals surface area contributed by atoms with Gasteiger partial charge in [-0.2, -0.15) is 0 Å². The van der Waals surface area contributed by atoms with E-state index in [0.29, 0.717) is 0 Å². The molecule has 0 aliphatic carbocycles. The standard InChI is InChI=1S/C22H20N2P/c1-4-10-20(11-5-1)25(17-19-16-23-18-24-19,21-12-6-2-7-13-21)22-14-8-3-9-15-22/h1-16,18H,17H2,(H,23,24)/q+1. The van der Waals surface area contributed by atoms with Crippen molar-refractivity contribution in [3.8, 4) is 0 Å². The minimum atomic E-state index is -1.81. The number of rotatable bonds is 5. The summed E-state index contributed by atoms with van der Waals surface area (Å²) in [5.41, 5.74) is 1.17. The quantitative estimate of drug-likeness (QED) is 0.547. The van der Waals surface area contributed by atoms with Gasteiger partial charge in [0, 0.05) is 0 Å². The van der Waals surface area contributed by atoms with E-state index >= 15 is 0 Å². The minimum absolute atomic E-state index is 0.936. The summed E-state index contributed by atoms with van der Waals surface area (Å²) in [5.74, 6) is 0. The van der Waals surface area contributed by atoms with Crippen LogP contribution >= 0.6 is 7.26 Å². The largest absolute Gasteiger partial charge is 0.345 e. The van der Waals surface area contributed by atoms with Crippen LogP contribution in [0, 0.1) is 0 Å². The van der Waals surface area contributed by atoms with Crippen molar-refractivity contribution >= 4 is 23.2 Å². The van der Waals surface area contributed by atoms with Crippen LogP contribution in [0.1, 0.15) is 5.69 Å². The predicted octanol–water partition coefficient (Wildman–Crippen LogP) is 3.90. The molecule has 1 N–H and O–H groups in total. The van der Waals surface area contributed by atoms with Crippen molar-refractivity contribution < 1.29 is 0 Å². The topological polar surface area (TPSA) is 28.7 Å². The van der Waals surface area contributed by atoms with Crippen molar-refractivity contribution in [2.45, 2.75) is 6.16 Å². The van der Waals surface area contributed by atoms with E-state index in [9.17, 15) is 0 Å². The molecule has 0 atom stereocenters. The second-order valence-corrected chi connectivity index (χ2v) is 9.54. The number of hydrogen-bond acceptors (Lipinski definition) is 1. The molecule has 0 spiro atoms. The third-order valence-corrected chi connectivity index (χ3v) is 8.91. The van der Waals surface area contributed by atoms with Gasteiger partial charge >= 0.3 is 0 Å². The molecule has 4 rings (SSSR count). The first-order valence-electron chi connectivity index (χ1n) is 8.42. The Morgan fingerprint density at radius 3 is 1.44 bits per heavy atom. The van der Waals surface area contributed by atoms with Crippen molar-refractivity contribution in [2.75, 3.05) is 0 Å². The maximum atomic E-state index is 4.25. The lowest BCUT2D eigenvalue weighted by molar-refractivity contribution is 1.22. The van der Waals surface area contributed by atoms with Crippen LogP contribution in [-0.4, -0.2) is 9.97 Å². The van der Waals surface area contributed by atoms with Crippen LogP contribution in [0.25, 0.3) is 0 Å². The molecule has 1 aromatic heterocycles. The molecule has 4 aromatic rings. The van der Waals surface area contributed by atoms with Gasteiger partial charge in [-0.25, -0.2) is 4.98 Å². The summed E-state index contributed by atoms with van der Waals surface area (Å²) < 4.78 is 0. The summed E-state index contributed by atoms with van der Waals surface area (Å²) in [6.45, 7) is 0. The molecule has 0 aliphatic heterocycles. The lowest BCUT2D eigenvalue weighted by Gasteiger charge is -2.27. The smallest absolute Gasteiger partial charge is 0.118 e. The third kappa shape index (κ3) is 3.01. The zero-order valence-electron chi connectivity index (χ0n) is 13.9. The second-order valence-electron chi connectivity index (χ2n) is 6.05. The predicted molar refractivity (Wildman–Crippen MR) is 107 cm³/mol. The van der Waals surface area contributed by atoms with Gasteiger partial charge < -0.3 is 4.98 Å². The lowest BCUT2D eigenvalue weighted by atomic mass is 10.4. The Labute approximate surface area is 148 Å². The fraction of sp³-hybridized carbons (Fsp3) is 0.0455. The molecule has 25 heavy (non-hydrogen) atoms. The van der Waals surface area contributed by atoms with Crippen LogP contribution in [-0.2, 0) is 6.16 Å². The minimum Gasteiger partial charge on any atom is -0.345 e. The number of hydrogen-bond donors (Lipinski definition) is 1. The van der Waals surface area contributed by atoms with Crippen molar-refractivity contribution in [3.05, 3.63) is 109 Å². The Kier molecular flexibility index (Phi) is 4.45. The normalized spacial score (nSPS) is 11.4. The molecule has 0 amide bonds. The van der Waals surface area contributed by atoms with Crippen molar-refractivity contribution in [3.63, 3.8) is 0 Å². The molecule has 2 nitrogen and oxygen atoms in total. The molecule has 122 valence electrons. The molecular weight excluding hydrogens is 323 g/mol. The average Bonchev–Trinajstić information content (AvgIpc) is 3.21. The van der Waals surface area contributed by atoms with E-state index in [2.05, 4.69) is 101 Å². The molecule has 0 aliphatic rings. The Hall–Kier alpha value is -2.70. The third-order valence-electron chi connectivity index (χ3n) is 4.55. The number of imidazole rings is 1. The van der Waals surface area contributed by atoms with Gasteiger partial charge in [0.15, 0.2) is 0 Å². The van der Waals surface area contributed by atoms with Gasteiger partial charge in [-0.15, -0.1) is 0 Å². The maximum absolute atomic E-state index is 4.25. The fourth-order valence-corrected chi connectivity index (χ4v) is 7.56. The van der Waals surface area contributed by atoms with Crippen molar-refractivity contribution in [1.82, 2.24) is 9.97 Å². The van der Waals surface area contributed by atoms with E-state index in [1.807, 2.05) is 6.20 Å². The molecule has 0 saturated heterocycles. The highest BCUT2D eigenvalue weighted by atomic mass is 31.2. The Balaban J connectivity index is 2.01. The Morgan fingerprint density at radius 2 is 1.08 bits per heavy atom. The first kappa shape index (κ1) is 15.8. The molecule has 0 unspecified atom stereocenters. The molecule has 0 saturated carbocycles. The van der Waals surface area contributed by atoms with E-state index in [4.69, 9.17) is 0 Å². The maximum Gasteiger partial charge on any atom is 0.118 e. The Morgan fingerprint density at radius 1 is 0.640 bits per heavy atom. The number of aromatic nitrogens is 2. The molecule has 3 heteroatoms. The number of aromatic amines is 1. The van der Waals surface area contributed by atoms with E-state index in [-0.39, 0.29) is 0 Å². The number of benzene rings is 3. The highest BCUT2D eigenvalue weighted by Gasteiger charge is 2.45. The van der Waals surface area contributed by atoms with E-state index in [0.717, 1.165) is 6.16 Å². The lowest BCUT2D eigenvalue weighted by Crippen LogP contribution is -2.32. The van der Waals surface area contributed by atoms with Gasteiger partial charge in [0.1, 0.15) is 29.3 Å². The number of H-pyrrole nitrogens is 1. The molecule has 0 radical (unpaired) electrons. The average molecular weight is 343 g/mol. The van der Waals surface area contributed by atoms with Gasteiger partial charge in [-0.3, -0.25) is 0 Å². The van der Waals surface area contributed by atoms with Crippen LogP contribution in [0.5, 0.6) is 0 Å². The van der Waals surface area contributed by atoms with Crippen molar-refractivity contribution in [2.24, 2.45) is 0 Å². The molecule has 0 bridgehead atoms. The Bertz CT molecular complexity index is 808. The van der Waals surface area contributed by atoms with Gasteiger partial charge in [-0.05, 0) is 36.4 Å². The number of nitrogens with zero attached hydrogens (tertiary/aromatic N) is 1. The number of nitrogens with one attached hydrogen (secondary N) is 1. The molecular formula is C22H20N2P+. The fourth-order valence-electron chi connectivity index (χ4n) is 3.40. The highest BCUT2D eigenvalue weighted by Crippen LogP contribution is 2.57. The zero-order valence-corrected chi connectivity index (χ0v) is 14.8. The monoisotopic (exact) mass is 343 g/mol. The summed E-state index contributed by atoms with van der Waals surface area (Å²) in [4.78, 5) is 7.57. The van der Waals surface area contributed by atoms with Gasteiger partial charge in [0.05, 0.1) is 18.2 Å². The van der Waals surface area contributed by atoms with Crippen LogP contribution in [0.4, 0.5) is 0 Å². The van der Waals surface area contributed by atoms with Gasteiger partial charge in [-0.1, -0.05) is 54.6 Å². The van der Waals surface area contributed by atoms with Gasteiger partial charge in [0.2, 0.25) is 0 Å². The molecule has 1 heterocycles. The van der Waals surface area contributed by atoms with Crippen LogP contribution in [0.15, 0.2) is 104 Å². The van der Waals surface area contributed by atoms with Crippen LogP contribution in [0.2, 0.25) is 0 Å². The first-order valence-corrected chi connectivity index (χ1v) is 10.4. The summed E-state index contributed by atoms with van der Waals surface area (Å²) in [7, 11) is -1.81. The van der Waals surface area contributed by atoms with E-state index in [1.54, 1.807) is 6.33 Å². The highest BCUT2D eigenvalue weighted by molar-refractivity contribution is 7.95. The van der Waals surface area contributed by atoms with Gasteiger partial charge in [0.25, 0.3) is 0 Å². The van der Waals surface area contributed by atoms with Crippen LogP contribution in [0.3, 0.4) is 0 Å². The summed E-state index contributed by atoms with van der Waals surface area (Å²) in [6, 6.07) is 32.7. The van der Waals surface area contributed by atoms with E-state index in [1.165, 1.54) is 21.6 Å². The van der Waals surface area contributed by atoms with Crippen LogP contribution < -0.4 is 15.9 Å². The van der Waals surface area contributed by atoms with Crippen molar-refractivity contribution in [1.29, 1.82) is 0 Å². The summed E-state index contributed by atoms with van der Waals surface area (Å²) >= 11 is 0. The first-order chi connectivity index (χ1) is 12.4. The summed E-state index contributed by atoms with van der Waals surface area (Å²) in [5, 5.41) is 4.17. The summed E-state index contributed by atoms with van der Waals surface area (Å²) in [6.07, 6.45) is 4.65. The second kappa shape index (κ2) is 7.04.